The van der Waals surface area contributed by atoms with Crippen molar-refractivity contribution in [1.82, 2.24) is 19.3 Å². The number of hydrogen-bond acceptors (Lipinski definition) is 3. The number of aryl methyl sites for hydroxylation is 3. The van der Waals surface area contributed by atoms with Crippen molar-refractivity contribution in [2.75, 3.05) is 0 Å². The third-order valence-corrected chi connectivity index (χ3v) is 3.15. The summed E-state index contributed by atoms with van der Waals surface area (Å²) >= 11 is 0. The second-order valence-corrected chi connectivity index (χ2v) is 4.67. The fraction of sp³-hybridized carbons (Fsp3) is 0.500. The number of carbonyl (C=O) groups excluding carboxylic acids is 1. The van der Waals surface area contributed by atoms with E-state index in [4.69, 9.17) is 0 Å². The van der Waals surface area contributed by atoms with Crippen LogP contribution in [0.2, 0.25) is 0 Å². The molecule has 0 spiro atoms. The van der Waals surface area contributed by atoms with Gasteiger partial charge in [0.1, 0.15) is 11.5 Å². The standard InChI is InChI=1S/C14H20N4O/c1-5-14-15-13(11(4)19)9-17(14)8-12-7-10(3)16-18(12)6-2/h7,9H,5-6,8H2,1-4H3. The average molecular weight is 260 g/mol. The summed E-state index contributed by atoms with van der Waals surface area (Å²) in [5.74, 6) is 0.945. The van der Waals surface area contributed by atoms with Gasteiger partial charge in [-0.1, -0.05) is 6.92 Å². The Balaban J connectivity index is 2.34. The predicted octanol–water partition coefficient (Wildman–Crippen LogP) is 2.22. The molecule has 0 radical (unpaired) electrons. The maximum atomic E-state index is 11.4. The third-order valence-electron chi connectivity index (χ3n) is 3.15. The van der Waals surface area contributed by atoms with Crippen LogP contribution in [-0.2, 0) is 19.5 Å². The fourth-order valence-electron chi connectivity index (χ4n) is 2.22. The largest absolute Gasteiger partial charge is 0.328 e. The molecule has 0 saturated carbocycles. The molecule has 0 fully saturated rings. The van der Waals surface area contributed by atoms with Gasteiger partial charge >= 0.3 is 0 Å². The molecule has 2 rings (SSSR count). The smallest absolute Gasteiger partial charge is 0.179 e. The van der Waals surface area contributed by atoms with Gasteiger partial charge in [-0.25, -0.2) is 4.98 Å². The molecule has 2 heterocycles. The number of hydrogen-bond donors (Lipinski definition) is 0. The van der Waals surface area contributed by atoms with E-state index in [-0.39, 0.29) is 5.78 Å². The monoisotopic (exact) mass is 260 g/mol. The molecule has 0 saturated heterocycles. The molecule has 0 amide bonds. The van der Waals surface area contributed by atoms with Crippen LogP contribution in [0, 0.1) is 6.92 Å². The van der Waals surface area contributed by atoms with Crippen LogP contribution < -0.4 is 0 Å². The van der Waals surface area contributed by atoms with Gasteiger partial charge in [0, 0.05) is 26.1 Å². The fourth-order valence-corrected chi connectivity index (χ4v) is 2.22. The number of nitrogens with zero attached hydrogens (tertiary/aromatic N) is 4. The third kappa shape index (κ3) is 2.75. The van der Waals surface area contributed by atoms with E-state index in [0.717, 1.165) is 30.2 Å². The Morgan fingerprint density at radius 2 is 2.11 bits per heavy atom. The van der Waals surface area contributed by atoms with E-state index in [9.17, 15) is 4.79 Å². The van der Waals surface area contributed by atoms with E-state index < -0.39 is 0 Å². The summed E-state index contributed by atoms with van der Waals surface area (Å²) in [5.41, 5.74) is 2.69. The number of aromatic nitrogens is 4. The van der Waals surface area contributed by atoms with Gasteiger partial charge in [-0.15, -0.1) is 0 Å². The van der Waals surface area contributed by atoms with Crippen molar-refractivity contribution in [3.8, 4) is 0 Å². The zero-order valence-corrected chi connectivity index (χ0v) is 12.0. The molecule has 0 atom stereocenters. The van der Waals surface area contributed by atoms with Crippen LogP contribution in [0.4, 0.5) is 0 Å². The Morgan fingerprint density at radius 3 is 2.68 bits per heavy atom. The maximum absolute atomic E-state index is 11.4. The van der Waals surface area contributed by atoms with Crippen molar-refractivity contribution < 1.29 is 4.79 Å². The molecular weight excluding hydrogens is 240 g/mol. The number of Topliss-reactive ketones (excluding diaryl/α,β-unsaturated/α-hetero) is 1. The molecule has 0 aliphatic carbocycles. The zero-order chi connectivity index (χ0) is 14.0. The zero-order valence-electron chi connectivity index (χ0n) is 12.0. The van der Waals surface area contributed by atoms with Crippen molar-refractivity contribution in [3.63, 3.8) is 0 Å². The summed E-state index contributed by atoms with van der Waals surface area (Å²) in [6.07, 6.45) is 2.65. The Morgan fingerprint density at radius 1 is 1.37 bits per heavy atom. The maximum Gasteiger partial charge on any atom is 0.179 e. The Labute approximate surface area is 113 Å². The summed E-state index contributed by atoms with van der Waals surface area (Å²) in [6, 6.07) is 2.08. The van der Waals surface area contributed by atoms with Gasteiger partial charge in [-0.2, -0.15) is 5.10 Å². The highest BCUT2D eigenvalue weighted by Gasteiger charge is 2.12. The summed E-state index contributed by atoms with van der Waals surface area (Å²) in [7, 11) is 0. The van der Waals surface area contributed by atoms with Crippen molar-refractivity contribution in [2.45, 2.75) is 47.2 Å². The number of rotatable bonds is 5. The van der Waals surface area contributed by atoms with Gasteiger partial charge in [0.05, 0.1) is 17.9 Å². The Hall–Kier alpha value is -1.91. The van der Waals surface area contributed by atoms with Gasteiger partial charge in [0.25, 0.3) is 0 Å². The van der Waals surface area contributed by atoms with Crippen LogP contribution in [0.3, 0.4) is 0 Å². The predicted molar refractivity (Wildman–Crippen MR) is 73.3 cm³/mol. The topological polar surface area (TPSA) is 52.7 Å². The van der Waals surface area contributed by atoms with Gasteiger partial charge in [0.2, 0.25) is 0 Å². The van der Waals surface area contributed by atoms with E-state index in [1.165, 1.54) is 0 Å². The van der Waals surface area contributed by atoms with Gasteiger partial charge in [-0.05, 0) is 19.9 Å². The molecule has 5 nitrogen and oxygen atoms in total. The van der Waals surface area contributed by atoms with Crippen molar-refractivity contribution in [1.29, 1.82) is 0 Å². The van der Waals surface area contributed by atoms with Crippen LogP contribution in [0.1, 0.15) is 48.5 Å². The van der Waals surface area contributed by atoms with Gasteiger partial charge in [0.15, 0.2) is 5.78 Å². The van der Waals surface area contributed by atoms with E-state index in [0.29, 0.717) is 12.2 Å². The molecule has 0 aliphatic heterocycles. The molecular formula is C14H20N4O. The first-order chi connectivity index (χ1) is 9.05. The van der Waals surface area contributed by atoms with Crippen molar-refractivity contribution >= 4 is 5.78 Å². The molecule has 102 valence electrons. The lowest BCUT2D eigenvalue weighted by atomic mass is 10.3. The molecule has 0 aliphatic rings. The summed E-state index contributed by atoms with van der Waals surface area (Å²) in [4.78, 5) is 15.8. The average Bonchev–Trinajstić information content (AvgIpc) is 2.93. The second kappa shape index (κ2) is 5.38. The second-order valence-electron chi connectivity index (χ2n) is 4.67. The molecule has 5 heteroatoms. The molecule has 2 aromatic rings. The summed E-state index contributed by atoms with van der Waals surface area (Å²) < 4.78 is 4.03. The van der Waals surface area contributed by atoms with E-state index in [2.05, 4.69) is 23.1 Å². The molecule has 0 bridgehead atoms. The summed E-state index contributed by atoms with van der Waals surface area (Å²) in [6.45, 7) is 9.21. The SMILES string of the molecule is CCc1nc(C(C)=O)cn1Cc1cc(C)nn1CC. The van der Waals surface area contributed by atoms with Gasteiger partial charge in [-0.3, -0.25) is 9.48 Å². The quantitative estimate of drug-likeness (QED) is 0.775. The van der Waals surface area contributed by atoms with Crippen LogP contribution in [0.25, 0.3) is 0 Å². The van der Waals surface area contributed by atoms with Crippen molar-refractivity contribution in [3.05, 3.63) is 35.2 Å². The number of ketones is 1. The van der Waals surface area contributed by atoms with Crippen LogP contribution in [-0.4, -0.2) is 25.1 Å². The number of carbonyl (C=O) groups is 1. The van der Waals surface area contributed by atoms with Crippen LogP contribution in [0.5, 0.6) is 0 Å². The Bertz CT molecular complexity index is 595. The number of imidazole rings is 1. The molecule has 19 heavy (non-hydrogen) atoms. The first-order valence-corrected chi connectivity index (χ1v) is 6.65. The van der Waals surface area contributed by atoms with E-state index in [1.807, 2.05) is 29.3 Å². The molecule has 0 N–H and O–H groups in total. The highest BCUT2D eigenvalue weighted by Crippen LogP contribution is 2.11. The highest BCUT2D eigenvalue weighted by molar-refractivity contribution is 5.91. The van der Waals surface area contributed by atoms with Crippen molar-refractivity contribution in [2.24, 2.45) is 0 Å². The minimum Gasteiger partial charge on any atom is -0.328 e. The summed E-state index contributed by atoms with van der Waals surface area (Å²) in [5, 5.41) is 4.44. The Kier molecular flexibility index (Phi) is 3.83. The lowest BCUT2D eigenvalue weighted by molar-refractivity contribution is 0.101. The molecule has 0 aromatic carbocycles. The molecule has 0 unspecified atom stereocenters. The normalized spacial score (nSPS) is 10.9. The minimum absolute atomic E-state index is 0.00799. The highest BCUT2D eigenvalue weighted by atomic mass is 16.1. The van der Waals surface area contributed by atoms with Gasteiger partial charge < -0.3 is 4.57 Å². The lowest BCUT2D eigenvalue weighted by Crippen LogP contribution is -2.09. The van der Waals surface area contributed by atoms with E-state index in [1.54, 1.807) is 6.92 Å². The minimum atomic E-state index is 0.00799. The first kappa shape index (κ1) is 13.5. The van der Waals surface area contributed by atoms with E-state index >= 15 is 0 Å². The van der Waals surface area contributed by atoms with Crippen LogP contribution in [0.15, 0.2) is 12.3 Å². The lowest BCUT2D eigenvalue weighted by Gasteiger charge is -2.07. The molecule has 2 aromatic heterocycles. The first-order valence-electron chi connectivity index (χ1n) is 6.65. The van der Waals surface area contributed by atoms with Crippen LogP contribution >= 0.6 is 0 Å².